The summed E-state index contributed by atoms with van der Waals surface area (Å²) in [6.45, 7) is 0.238. The van der Waals surface area contributed by atoms with E-state index in [1.54, 1.807) is 49.4 Å². The minimum absolute atomic E-state index is 0.0200. The lowest BCUT2D eigenvalue weighted by molar-refractivity contribution is -0.686. The lowest BCUT2D eigenvalue weighted by Gasteiger charge is -2.03. The van der Waals surface area contributed by atoms with Crippen molar-refractivity contribution in [2.75, 3.05) is 14.2 Å². The fourth-order valence-corrected chi connectivity index (χ4v) is 2.44. The van der Waals surface area contributed by atoms with Crippen LogP contribution < -0.4 is 14.0 Å². The van der Waals surface area contributed by atoms with Crippen LogP contribution in [0, 0.1) is 0 Å². The van der Waals surface area contributed by atoms with E-state index in [4.69, 9.17) is 9.47 Å². The van der Waals surface area contributed by atoms with E-state index in [9.17, 15) is 4.79 Å². The molecule has 5 nitrogen and oxygen atoms in total. The molecular formula is C20H19N2O3+. The topological polar surface area (TPSA) is 52.3 Å². The number of ketones is 1. The van der Waals surface area contributed by atoms with Crippen LogP contribution in [0.2, 0.25) is 0 Å². The van der Waals surface area contributed by atoms with Gasteiger partial charge >= 0.3 is 0 Å². The number of hydrogen-bond acceptors (Lipinski definition) is 4. The third-order valence-corrected chi connectivity index (χ3v) is 3.89. The van der Waals surface area contributed by atoms with E-state index >= 15 is 0 Å². The van der Waals surface area contributed by atoms with Crippen molar-refractivity contribution in [1.82, 2.24) is 4.98 Å². The predicted molar refractivity (Wildman–Crippen MR) is 93.7 cm³/mol. The molecule has 0 amide bonds. The minimum atomic E-state index is 0.0200. The van der Waals surface area contributed by atoms with Gasteiger partial charge in [0.1, 0.15) is 11.5 Å². The number of methoxy groups -OCH3 is 2. The summed E-state index contributed by atoms with van der Waals surface area (Å²) < 4.78 is 12.0. The number of ether oxygens (including phenoxy) is 2. The van der Waals surface area contributed by atoms with Crippen molar-refractivity contribution in [1.29, 1.82) is 0 Å². The number of aromatic nitrogens is 2. The van der Waals surface area contributed by atoms with E-state index in [0.29, 0.717) is 5.56 Å². The van der Waals surface area contributed by atoms with Gasteiger partial charge in [-0.05, 0) is 53.5 Å². The third-order valence-electron chi connectivity index (χ3n) is 3.89. The fraction of sp³-hybridized carbons (Fsp3) is 0.150. The van der Waals surface area contributed by atoms with Gasteiger partial charge in [-0.1, -0.05) is 0 Å². The maximum Gasteiger partial charge on any atom is 0.287 e. The second-order valence-electron chi connectivity index (χ2n) is 5.50. The Hall–Kier alpha value is -3.21. The predicted octanol–water partition coefficient (Wildman–Crippen LogP) is 2.94. The normalized spacial score (nSPS) is 10.3. The van der Waals surface area contributed by atoms with Crippen LogP contribution in [0.1, 0.15) is 10.4 Å². The second kappa shape index (κ2) is 7.57. The number of carbonyl (C=O) groups is 1. The Labute approximate surface area is 146 Å². The van der Waals surface area contributed by atoms with Gasteiger partial charge in [0.2, 0.25) is 5.78 Å². The summed E-state index contributed by atoms with van der Waals surface area (Å²) in [5.41, 5.74) is 2.48. The molecule has 3 aromatic rings. The Morgan fingerprint density at radius 3 is 2.04 bits per heavy atom. The zero-order valence-electron chi connectivity index (χ0n) is 14.2. The highest BCUT2D eigenvalue weighted by Gasteiger charge is 2.12. The lowest BCUT2D eigenvalue weighted by atomic mass is 10.1. The monoisotopic (exact) mass is 335 g/mol. The molecule has 0 radical (unpaired) electrons. The first-order valence-electron chi connectivity index (χ1n) is 7.86. The Balaban J connectivity index is 1.69. The molecule has 0 aliphatic carbocycles. The van der Waals surface area contributed by atoms with Gasteiger partial charge in [-0.15, -0.1) is 0 Å². The van der Waals surface area contributed by atoms with E-state index in [1.165, 1.54) is 0 Å². The van der Waals surface area contributed by atoms with E-state index in [2.05, 4.69) is 4.98 Å². The molecule has 0 aliphatic rings. The maximum absolute atomic E-state index is 12.3. The number of rotatable bonds is 6. The van der Waals surface area contributed by atoms with E-state index in [-0.39, 0.29) is 12.3 Å². The smallest absolute Gasteiger partial charge is 0.287 e. The first kappa shape index (κ1) is 16.6. The lowest BCUT2D eigenvalue weighted by Crippen LogP contribution is -2.37. The zero-order valence-corrected chi connectivity index (χ0v) is 14.2. The molecule has 25 heavy (non-hydrogen) atoms. The molecule has 0 aliphatic heterocycles. The molecule has 5 heteroatoms. The summed E-state index contributed by atoms with van der Waals surface area (Å²) in [6.07, 6.45) is 3.52. The average molecular weight is 335 g/mol. The van der Waals surface area contributed by atoms with Crippen molar-refractivity contribution in [3.8, 4) is 22.8 Å². The molecule has 0 bridgehead atoms. The highest BCUT2D eigenvalue weighted by molar-refractivity contribution is 5.95. The maximum atomic E-state index is 12.3. The molecule has 3 rings (SSSR count). The molecular weight excluding hydrogens is 316 g/mol. The number of benzene rings is 2. The van der Waals surface area contributed by atoms with E-state index in [1.807, 2.05) is 36.5 Å². The Morgan fingerprint density at radius 1 is 0.920 bits per heavy atom. The molecule has 126 valence electrons. The van der Waals surface area contributed by atoms with Gasteiger partial charge in [-0.2, -0.15) is 0 Å². The Morgan fingerprint density at radius 2 is 1.52 bits per heavy atom. The van der Waals surface area contributed by atoms with Gasteiger partial charge in [0, 0.05) is 17.2 Å². The van der Waals surface area contributed by atoms with Crippen LogP contribution in [0.4, 0.5) is 0 Å². The van der Waals surface area contributed by atoms with Crippen molar-refractivity contribution >= 4 is 5.78 Å². The minimum Gasteiger partial charge on any atom is -0.497 e. The van der Waals surface area contributed by atoms with E-state index < -0.39 is 0 Å². The van der Waals surface area contributed by atoms with Gasteiger partial charge in [0.15, 0.2) is 12.2 Å². The number of Topliss-reactive ketones (excluding diaryl/α,β-unsaturated/α-hetero) is 1. The number of hydrogen-bond donors (Lipinski definition) is 0. The molecule has 1 aromatic heterocycles. The first-order chi connectivity index (χ1) is 12.2. The van der Waals surface area contributed by atoms with Crippen LogP contribution >= 0.6 is 0 Å². The molecule has 0 N–H and O–H groups in total. The van der Waals surface area contributed by atoms with Gasteiger partial charge in [-0.3, -0.25) is 4.79 Å². The van der Waals surface area contributed by atoms with Crippen molar-refractivity contribution < 1.29 is 18.8 Å². The highest BCUT2D eigenvalue weighted by Crippen LogP contribution is 2.19. The molecule has 0 spiro atoms. The SMILES string of the molecule is COc1ccc(C(=O)C[n+]2ccc(-c3ccc(OC)cc3)nc2)cc1. The van der Waals surface area contributed by atoms with E-state index in [0.717, 1.165) is 22.8 Å². The first-order valence-corrected chi connectivity index (χ1v) is 7.86. The number of carbonyl (C=O) groups excluding carboxylic acids is 1. The van der Waals surface area contributed by atoms with Crippen molar-refractivity contribution in [2.24, 2.45) is 0 Å². The largest absolute Gasteiger partial charge is 0.497 e. The Kier molecular flexibility index (Phi) is 5.04. The van der Waals surface area contributed by atoms with Gasteiger partial charge in [-0.25, -0.2) is 4.57 Å². The van der Waals surface area contributed by atoms with Gasteiger partial charge in [0.05, 0.1) is 20.4 Å². The Bertz CT molecular complexity index is 842. The van der Waals surface area contributed by atoms with Crippen LogP contribution in [0.3, 0.4) is 0 Å². The molecule has 2 aromatic carbocycles. The molecule has 0 atom stereocenters. The van der Waals surface area contributed by atoms with Crippen LogP contribution in [0.15, 0.2) is 67.1 Å². The van der Waals surface area contributed by atoms with Crippen molar-refractivity contribution in [3.05, 3.63) is 72.7 Å². The van der Waals surface area contributed by atoms with Gasteiger partial charge < -0.3 is 9.47 Å². The summed E-state index contributed by atoms with van der Waals surface area (Å²) in [6, 6.07) is 16.7. The number of nitrogens with zero attached hydrogens (tertiary/aromatic N) is 2. The summed E-state index contributed by atoms with van der Waals surface area (Å²) >= 11 is 0. The molecule has 0 fully saturated rings. The summed E-state index contributed by atoms with van der Waals surface area (Å²) in [5.74, 6) is 1.56. The van der Waals surface area contributed by atoms with Crippen LogP contribution in [0.25, 0.3) is 11.3 Å². The van der Waals surface area contributed by atoms with Crippen LogP contribution in [0.5, 0.6) is 11.5 Å². The van der Waals surface area contributed by atoms with Crippen molar-refractivity contribution in [2.45, 2.75) is 6.54 Å². The van der Waals surface area contributed by atoms with Crippen molar-refractivity contribution in [3.63, 3.8) is 0 Å². The molecule has 0 unspecified atom stereocenters. The van der Waals surface area contributed by atoms with Crippen LogP contribution in [-0.2, 0) is 6.54 Å². The molecule has 0 saturated heterocycles. The highest BCUT2D eigenvalue weighted by atomic mass is 16.5. The van der Waals surface area contributed by atoms with Gasteiger partial charge in [0.25, 0.3) is 6.33 Å². The fourth-order valence-electron chi connectivity index (χ4n) is 2.44. The average Bonchev–Trinajstić information content (AvgIpc) is 2.68. The quantitative estimate of drug-likeness (QED) is 0.513. The van der Waals surface area contributed by atoms with Crippen LogP contribution in [-0.4, -0.2) is 25.0 Å². The standard InChI is InChI=1S/C20H19N2O3/c1-24-17-7-3-15(4-8-17)19-11-12-22(14-21-19)13-20(23)16-5-9-18(25-2)10-6-16/h3-12,14H,13H2,1-2H3/q+1. The summed E-state index contributed by atoms with van der Waals surface area (Å²) in [5, 5.41) is 0. The third kappa shape index (κ3) is 4.01. The zero-order chi connectivity index (χ0) is 17.6. The summed E-state index contributed by atoms with van der Waals surface area (Å²) in [4.78, 5) is 16.8. The second-order valence-corrected chi connectivity index (χ2v) is 5.50. The summed E-state index contributed by atoms with van der Waals surface area (Å²) in [7, 11) is 3.24. The molecule has 1 heterocycles. The molecule has 0 saturated carbocycles.